The Balaban J connectivity index is 1.21. The van der Waals surface area contributed by atoms with E-state index in [9.17, 15) is 0 Å². The van der Waals surface area contributed by atoms with Gasteiger partial charge in [0, 0.05) is 37.6 Å². The number of hydrogen-bond acceptors (Lipinski definition) is 5. The zero-order valence-electron chi connectivity index (χ0n) is 16.2. The van der Waals surface area contributed by atoms with E-state index in [-0.39, 0.29) is 0 Å². The van der Waals surface area contributed by atoms with Crippen LogP contribution in [0.25, 0.3) is 10.1 Å². The fourth-order valence-electron chi connectivity index (χ4n) is 4.53. The van der Waals surface area contributed by atoms with Crippen LogP contribution >= 0.6 is 23.8 Å². The molecule has 4 rings (SSSR count). The number of nitrogens with zero attached hydrogens (tertiary/aromatic N) is 3. The van der Waals surface area contributed by atoms with E-state index in [1.807, 2.05) is 6.92 Å². The average Bonchev–Trinajstić information content (AvgIpc) is 3.12. The summed E-state index contributed by atoms with van der Waals surface area (Å²) in [5, 5.41) is 4.76. The summed E-state index contributed by atoms with van der Waals surface area (Å²) in [6, 6.07) is 9.22. The van der Waals surface area contributed by atoms with Crippen molar-refractivity contribution >= 4 is 44.6 Å². The fourth-order valence-corrected chi connectivity index (χ4v) is 5.49. The van der Waals surface area contributed by atoms with E-state index >= 15 is 0 Å². The summed E-state index contributed by atoms with van der Waals surface area (Å²) in [5.41, 5.74) is 0. The predicted molar refractivity (Wildman–Crippen MR) is 120 cm³/mol. The van der Waals surface area contributed by atoms with Crippen LogP contribution in [0.4, 0.5) is 5.82 Å². The van der Waals surface area contributed by atoms with Crippen LogP contribution in [-0.2, 0) is 0 Å². The number of hydrogen-bond donors (Lipinski definition) is 1. The molecule has 0 spiro atoms. The van der Waals surface area contributed by atoms with Crippen LogP contribution in [-0.4, -0.2) is 53.0 Å². The number of aromatic nitrogens is 1. The van der Waals surface area contributed by atoms with Crippen molar-refractivity contribution in [1.82, 2.24) is 14.6 Å². The van der Waals surface area contributed by atoms with E-state index in [0.29, 0.717) is 6.04 Å². The van der Waals surface area contributed by atoms with Gasteiger partial charge in [0.05, 0.1) is 9.69 Å². The molecule has 6 heteroatoms. The molecular formula is C21H30N4S2. The standard InChI is InChI=1S/C21H30N4S2/c1-16(26)22-18-8-6-17(7-9-18)10-11-24-12-14-25(15-13-24)21-19-4-2-3-5-20(19)27-23-21/h2-5,17-18H,6-15H2,1H3,(H,22,26). The largest absolute Gasteiger partial charge is 0.377 e. The van der Waals surface area contributed by atoms with Gasteiger partial charge in [-0.2, -0.15) is 4.37 Å². The molecule has 0 amide bonds. The summed E-state index contributed by atoms with van der Waals surface area (Å²) in [4.78, 5) is 6.07. The minimum atomic E-state index is 0.621. The van der Waals surface area contributed by atoms with Crippen LogP contribution in [0.1, 0.15) is 39.0 Å². The molecule has 1 aromatic heterocycles. The van der Waals surface area contributed by atoms with Gasteiger partial charge in [0.25, 0.3) is 0 Å². The molecule has 1 aliphatic heterocycles. The molecule has 1 aromatic carbocycles. The zero-order valence-corrected chi connectivity index (χ0v) is 17.8. The maximum Gasteiger partial charge on any atom is 0.150 e. The van der Waals surface area contributed by atoms with Crippen LogP contribution in [0.3, 0.4) is 0 Å². The van der Waals surface area contributed by atoms with Crippen molar-refractivity contribution in [3.05, 3.63) is 24.3 Å². The molecule has 0 atom stereocenters. The van der Waals surface area contributed by atoms with Crippen molar-refractivity contribution in [1.29, 1.82) is 0 Å². The summed E-state index contributed by atoms with van der Waals surface area (Å²) < 4.78 is 6.02. The quantitative estimate of drug-likeness (QED) is 0.754. The highest BCUT2D eigenvalue weighted by Crippen LogP contribution is 2.30. The fraction of sp³-hybridized carbons (Fsp3) is 0.619. The van der Waals surface area contributed by atoms with Crippen molar-refractivity contribution in [3.63, 3.8) is 0 Å². The molecule has 146 valence electrons. The van der Waals surface area contributed by atoms with Gasteiger partial charge in [0.1, 0.15) is 5.82 Å². The van der Waals surface area contributed by atoms with Gasteiger partial charge in [0.2, 0.25) is 0 Å². The van der Waals surface area contributed by atoms with Crippen LogP contribution in [0.5, 0.6) is 0 Å². The zero-order chi connectivity index (χ0) is 18.6. The molecule has 2 fully saturated rings. The first kappa shape index (κ1) is 19.1. The molecule has 1 N–H and O–H groups in total. The Kier molecular flexibility index (Phi) is 6.25. The minimum absolute atomic E-state index is 0.621. The first-order valence-corrected chi connectivity index (χ1v) is 11.5. The maximum atomic E-state index is 5.18. The molecule has 2 aromatic rings. The van der Waals surface area contributed by atoms with Crippen molar-refractivity contribution in [2.24, 2.45) is 5.92 Å². The lowest BCUT2D eigenvalue weighted by atomic mass is 9.84. The molecule has 1 saturated carbocycles. The van der Waals surface area contributed by atoms with Gasteiger partial charge in [-0.1, -0.05) is 24.4 Å². The Hall–Kier alpha value is -1.24. The number of fused-ring (bicyclic) bond motifs is 1. The third-order valence-corrected chi connectivity index (χ3v) is 7.07. The summed E-state index contributed by atoms with van der Waals surface area (Å²) in [5.74, 6) is 2.09. The Labute approximate surface area is 172 Å². The Morgan fingerprint density at radius 3 is 2.63 bits per heavy atom. The Bertz CT molecular complexity index is 758. The number of benzene rings is 1. The lowest BCUT2D eigenvalue weighted by Crippen LogP contribution is -2.47. The molecule has 0 bridgehead atoms. The van der Waals surface area contributed by atoms with Crippen molar-refractivity contribution in [3.8, 4) is 0 Å². The molecule has 2 aliphatic rings. The van der Waals surface area contributed by atoms with Crippen LogP contribution < -0.4 is 10.2 Å². The normalized spacial score (nSPS) is 24.3. The highest BCUT2D eigenvalue weighted by Gasteiger charge is 2.24. The third-order valence-electron chi connectivity index (χ3n) is 6.14. The number of piperazine rings is 1. The molecule has 27 heavy (non-hydrogen) atoms. The predicted octanol–water partition coefficient (Wildman–Crippen LogP) is 4.30. The monoisotopic (exact) mass is 402 g/mol. The van der Waals surface area contributed by atoms with E-state index in [1.165, 1.54) is 54.6 Å². The second kappa shape index (κ2) is 8.84. The van der Waals surface area contributed by atoms with E-state index in [1.54, 1.807) is 11.5 Å². The Morgan fingerprint density at radius 2 is 1.89 bits per heavy atom. The molecule has 4 nitrogen and oxygen atoms in total. The van der Waals surface area contributed by atoms with Gasteiger partial charge in [-0.25, -0.2) is 0 Å². The molecule has 2 heterocycles. The summed E-state index contributed by atoms with van der Waals surface area (Å²) >= 11 is 6.80. The first-order valence-electron chi connectivity index (χ1n) is 10.3. The van der Waals surface area contributed by atoms with Crippen molar-refractivity contribution in [2.75, 3.05) is 37.6 Å². The number of nitrogens with one attached hydrogen (secondary N) is 1. The molecule has 1 aliphatic carbocycles. The van der Waals surface area contributed by atoms with Gasteiger partial charge < -0.3 is 10.2 Å². The topological polar surface area (TPSA) is 31.4 Å². The third kappa shape index (κ3) is 4.79. The van der Waals surface area contributed by atoms with E-state index in [0.717, 1.165) is 37.1 Å². The maximum absolute atomic E-state index is 5.18. The average molecular weight is 403 g/mol. The molecule has 1 saturated heterocycles. The minimum Gasteiger partial charge on any atom is -0.377 e. The molecular weight excluding hydrogens is 372 g/mol. The SMILES string of the molecule is CC(=S)NC1CCC(CCN2CCN(c3nsc4ccccc34)CC2)CC1. The van der Waals surface area contributed by atoms with Gasteiger partial charge in [-0.15, -0.1) is 0 Å². The summed E-state index contributed by atoms with van der Waals surface area (Å²) in [7, 11) is 0. The van der Waals surface area contributed by atoms with Crippen molar-refractivity contribution < 1.29 is 0 Å². The number of thiocarbonyl (C=S) groups is 1. The van der Waals surface area contributed by atoms with E-state index in [2.05, 4.69) is 39.4 Å². The van der Waals surface area contributed by atoms with Crippen molar-refractivity contribution in [2.45, 2.75) is 45.1 Å². The smallest absolute Gasteiger partial charge is 0.150 e. The lowest BCUT2D eigenvalue weighted by Gasteiger charge is -2.36. The summed E-state index contributed by atoms with van der Waals surface area (Å²) in [6.07, 6.45) is 6.62. The van der Waals surface area contributed by atoms with E-state index in [4.69, 9.17) is 16.6 Å². The number of anilines is 1. The molecule has 0 radical (unpaired) electrons. The van der Waals surface area contributed by atoms with Crippen LogP contribution in [0.2, 0.25) is 0 Å². The summed E-state index contributed by atoms with van der Waals surface area (Å²) in [6.45, 7) is 7.76. The van der Waals surface area contributed by atoms with Crippen LogP contribution in [0.15, 0.2) is 24.3 Å². The highest BCUT2D eigenvalue weighted by molar-refractivity contribution is 7.80. The van der Waals surface area contributed by atoms with Gasteiger partial charge in [-0.3, -0.25) is 4.90 Å². The number of rotatable bonds is 5. The van der Waals surface area contributed by atoms with Gasteiger partial charge >= 0.3 is 0 Å². The highest BCUT2D eigenvalue weighted by atomic mass is 32.1. The first-order chi connectivity index (χ1) is 13.2. The van der Waals surface area contributed by atoms with Crippen LogP contribution in [0, 0.1) is 5.92 Å². The second-order valence-corrected chi connectivity index (χ2v) is 9.46. The van der Waals surface area contributed by atoms with Gasteiger partial charge in [0.15, 0.2) is 0 Å². The van der Waals surface area contributed by atoms with E-state index < -0.39 is 0 Å². The Morgan fingerprint density at radius 1 is 1.15 bits per heavy atom. The van der Waals surface area contributed by atoms with Gasteiger partial charge in [-0.05, 0) is 75.2 Å². The second-order valence-electron chi connectivity index (χ2n) is 8.04. The lowest BCUT2D eigenvalue weighted by molar-refractivity contribution is 0.214. The molecule has 0 unspecified atom stereocenters.